The van der Waals surface area contributed by atoms with Gasteiger partial charge < -0.3 is 4.74 Å². The van der Waals surface area contributed by atoms with Crippen molar-refractivity contribution >= 4 is 51.7 Å². The highest BCUT2D eigenvalue weighted by atomic mass is 127. The first kappa shape index (κ1) is 21.1. The molecule has 2 aromatic carbocycles. The van der Waals surface area contributed by atoms with E-state index in [-0.39, 0.29) is 16.9 Å². The van der Waals surface area contributed by atoms with Gasteiger partial charge >= 0.3 is 0 Å². The molecular formula is C19H20IN3O3S. The molecule has 0 aliphatic carbocycles. The average molecular weight is 497 g/mol. The van der Waals surface area contributed by atoms with Crippen molar-refractivity contribution in [3.8, 4) is 5.75 Å². The Morgan fingerprint density at radius 1 is 1.04 bits per heavy atom. The molecule has 0 aliphatic rings. The summed E-state index contributed by atoms with van der Waals surface area (Å²) in [5.41, 5.74) is 5.93. The van der Waals surface area contributed by atoms with Crippen LogP contribution in [0.4, 0.5) is 0 Å². The fourth-order valence-electron chi connectivity index (χ4n) is 2.00. The lowest BCUT2D eigenvalue weighted by atomic mass is 10.2. The molecule has 142 valence electrons. The normalized spacial score (nSPS) is 10.2. The summed E-state index contributed by atoms with van der Waals surface area (Å²) in [5, 5.41) is 2.51. The highest BCUT2D eigenvalue weighted by Crippen LogP contribution is 2.13. The fraction of sp³-hybridized carbons (Fsp3) is 0.211. The van der Waals surface area contributed by atoms with Gasteiger partial charge in [0, 0.05) is 9.13 Å². The predicted octanol–water partition coefficient (Wildman–Crippen LogP) is 3.28. The van der Waals surface area contributed by atoms with Crippen LogP contribution in [-0.4, -0.2) is 23.5 Å². The zero-order chi connectivity index (χ0) is 19.8. The molecule has 0 fully saturated rings. The first-order valence-electron chi connectivity index (χ1n) is 8.26. The molecule has 0 saturated carbocycles. The van der Waals surface area contributed by atoms with Crippen LogP contribution in [0.3, 0.4) is 0 Å². The van der Waals surface area contributed by atoms with Gasteiger partial charge in [0.2, 0.25) is 0 Å². The molecule has 2 amide bonds. The van der Waals surface area contributed by atoms with Gasteiger partial charge in [-0.3, -0.25) is 25.8 Å². The molecule has 0 heterocycles. The highest BCUT2D eigenvalue weighted by molar-refractivity contribution is 14.1. The van der Waals surface area contributed by atoms with Crippen LogP contribution in [0.15, 0.2) is 48.5 Å². The highest BCUT2D eigenvalue weighted by Gasteiger charge is 2.11. The SMILES string of the molecule is CC(C)COc1ccc(C(=O)NC(=S)NNC(=O)c2ccccc2I)cc1. The van der Waals surface area contributed by atoms with E-state index in [0.717, 1.165) is 3.57 Å². The van der Waals surface area contributed by atoms with Gasteiger partial charge in [0.15, 0.2) is 5.11 Å². The van der Waals surface area contributed by atoms with Gasteiger partial charge in [0.1, 0.15) is 5.75 Å². The lowest BCUT2D eigenvalue weighted by Gasteiger charge is -2.12. The molecular weight excluding hydrogens is 477 g/mol. The third-order valence-corrected chi connectivity index (χ3v) is 4.48. The van der Waals surface area contributed by atoms with Crippen molar-refractivity contribution in [2.24, 2.45) is 5.92 Å². The summed E-state index contributed by atoms with van der Waals surface area (Å²) >= 11 is 7.11. The van der Waals surface area contributed by atoms with Gasteiger partial charge in [-0.15, -0.1) is 0 Å². The molecule has 0 spiro atoms. The lowest BCUT2D eigenvalue weighted by molar-refractivity contribution is 0.0934. The second-order valence-electron chi connectivity index (χ2n) is 6.07. The number of carbonyl (C=O) groups is 2. The maximum Gasteiger partial charge on any atom is 0.270 e. The number of hydrogen-bond acceptors (Lipinski definition) is 4. The molecule has 8 heteroatoms. The zero-order valence-corrected chi connectivity index (χ0v) is 17.9. The van der Waals surface area contributed by atoms with Crippen LogP contribution in [0, 0.1) is 9.49 Å². The van der Waals surface area contributed by atoms with Crippen molar-refractivity contribution in [1.82, 2.24) is 16.2 Å². The molecule has 0 radical (unpaired) electrons. The Morgan fingerprint density at radius 3 is 2.33 bits per heavy atom. The Kier molecular flexibility index (Phi) is 7.99. The van der Waals surface area contributed by atoms with Crippen molar-refractivity contribution in [1.29, 1.82) is 0 Å². The number of hydrazine groups is 1. The minimum atomic E-state index is -0.383. The van der Waals surface area contributed by atoms with Gasteiger partial charge in [-0.1, -0.05) is 26.0 Å². The quantitative estimate of drug-likeness (QED) is 0.336. The molecule has 0 aliphatic heterocycles. The number of ether oxygens (including phenoxy) is 1. The molecule has 0 unspecified atom stereocenters. The summed E-state index contributed by atoms with van der Waals surface area (Å²) in [6, 6.07) is 13.9. The van der Waals surface area contributed by atoms with E-state index in [9.17, 15) is 9.59 Å². The van der Waals surface area contributed by atoms with Gasteiger partial charge in [0.25, 0.3) is 11.8 Å². The topological polar surface area (TPSA) is 79.5 Å². The molecule has 6 nitrogen and oxygen atoms in total. The summed E-state index contributed by atoms with van der Waals surface area (Å²) in [4.78, 5) is 24.3. The van der Waals surface area contributed by atoms with Crippen molar-refractivity contribution in [3.05, 3.63) is 63.2 Å². The van der Waals surface area contributed by atoms with Crippen molar-refractivity contribution in [3.63, 3.8) is 0 Å². The smallest absolute Gasteiger partial charge is 0.270 e. The van der Waals surface area contributed by atoms with Gasteiger partial charge in [-0.05, 0) is 77.1 Å². The van der Waals surface area contributed by atoms with E-state index < -0.39 is 0 Å². The molecule has 0 saturated heterocycles. The standard InChI is InChI=1S/C19H20IN3O3S/c1-12(2)11-26-14-9-7-13(8-10-14)17(24)21-19(27)23-22-18(25)15-5-3-4-6-16(15)20/h3-10,12H,11H2,1-2H3,(H,22,25)(H2,21,23,24,27). The molecule has 0 atom stereocenters. The number of thiocarbonyl (C=S) groups is 1. The summed E-state index contributed by atoms with van der Waals surface area (Å²) in [6.45, 7) is 4.74. The Morgan fingerprint density at radius 2 is 1.70 bits per heavy atom. The minimum absolute atomic E-state index is 0.000534. The number of hydrogen-bond donors (Lipinski definition) is 3. The van der Waals surface area contributed by atoms with Crippen molar-refractivity contribution in [2.75, 3.05) is 6.61 Å². The van der Waals surface area contributed by atoms with Crippen LogP contribution in [-0.2, 0) is 0 Å². The van der Waals surface area contributed by atoms with Crippen molar-refractivity contribution < 1.29 is 14.3 Å². The molecule has 0 bridgehead atoms. The number of amides is 2. The van der Waals surface area contributed by atoms with Crippen LogP contribution >= 0.6 is 34.8 Å². The Hall–Kier alpha value is -2.20. The van der Waals surface area contributed by atoms with E-state index >= 15 is 0 Å². The van der Waals surface area contributed by atoms with E-state index in [0.29, 0.717) is 29.4 Å². The van der Waals surface area contributed by atoms with E-state index in [1.807, 2.05) is 12.1 Å². The molecule has 2 aromatic rings. The van der Waals surface area contributed by atoms with Crippen LogP contribution in [0.25, 0.3) is 0 Å². The number of halogens is 1. The van der Waals surface area contributed by atoms with Gasteiger partial charge in [0.05, 0.1) is 12.2 Å². The first-order valence-corrected chi connectivity index (χ1v) is 9.74. The fourth-order valence-corrected chi connectivity index (χ4v) is 2.77. The number of benzene rings is 2. The zero-order valence-electron chi connectivity index (χ0n) is 14.9. The van der Waals surface area contributed by atoms with E-state index in [1.165, 1.54) is 0 Å². The number of rotatable bonds is 5. The van der Waals surface area contributed by atoms with E-state index in [2.05, 4.69) is 52.6 Å². The van der Waals surface area contributed by atoms with Crippen LogP contribution in [0.5, 0.6) is 5.75 Å². The Bertz CT molecular complexity index is 825. The van der Waals surface area contributed by atoms with Gasteiger partial charge in [-0.2, -0.15) is 0 Å². The van der Waals surface area contributed by atoms with Gasteiger partial charge in [-0.25, -0.2) is 0 Å². The summed E-state index contributed by atoms with van der Waals surface area (Å²) in [6.07, 6.45) is 0. The van der Waals surface area contributed by atoms with Crippen LogP contribution in [0.2, 0.25) is 0 Å². The number of nitrogens with one attached hydrogen (secondary N) is 3. The maximum absolute atomic E-state index is 12.2. The van der Waals surface area contributed by atoms with Crippen molar-refractivity contribution in [2.45, 2.75) is 13.8 Å². The second-order valence-corrected chi connectivity index (χ2v) is 7.64. The minimum Gasteiger partial charge on any atom is -0.493 e. The van der Waals surface area contributed by atoms with Crippen LogP contribution < -0.4 is 20.9 Å². The largest absolute Gasteiger partial charge is 0.493 e. The third kappa shape index (κ3) is 6.79. The molecule has 3 N–H and O–H groups in total. The Balaban J connectivity index is 1.84. The average Bonchev–Trinajstić information content (AvgIpc) is 2.65. The predicted molar refractivity (Wildman–Crippen MR) is 117 cm³/mol. The van der Waals surface area contributed by atoms with E-state index in [1.54, 1.807) is 36.4 Å². The summed E-state index contributed by atoms with van der Waals surface area (Å²) in [7, 11) is 0. The maximum atomic E-state index is 12.2. The molecule has 27 heavy (non-hydrogen) atoms. The van der Waals surface area contributed by atoms with E-state index in [4.69, 9.17) is 17.0 Å². The number of carbonyl (C=O) groups excluding carboxylic acids is 2. The Labute approximate surface area is 177 Å². The first-order chi connectivity index (χ1) is 12.9. The third-order valence-electron chi connectivity index (χ3n) is 3.33. The van der Waals surface area contributed by atoms with Crippen LogP contribution in [0.1, 0.15) is 34.6 Å². The molecule has 0 aromatic heterocycles. The summed E-state index contributed by atoms with van der Waals surface area (Å²) in [5.74, 6) is 0.395. The summed E-state index contributed by atoms with van der Waals surface area (Å²) < 4.78 is 6.39. The molecule has 2 rings (SSSR count). The second kappa shape index (κ2) is 10.2. The lowest BCUT2D eigenvalue weighted by Crippen LogP contribution is -2.48. The monoisotopic (exact) mass is 497 g/mol.